The van der Waals surface area contributed by atoms with E-state index in [1.165, 1.54) is 0 Å². The Bertz CT molecular complexity index is 1050. The number of benzene rings is 3. The summed E-state index contributed by atoms with van der Waals surface area (Å²) >= 11 is 5.94. The zero-order valence-corrected chi connectivity index (χ0v) is 16.9. The van der Waals surface area contributed by atoms with Gasteiger partial charge in [0.05, 0.1) is 0 Å². The molecule has 0 fully saturated rings. The Morgan fingerprint density at radius 1 is 0.897 bits per heavy atom. The Hall–Kier alpha value is -3.31. The largest absolute Gasteiger partial charge is 0.483 e. The highest BCUT2D eigenvalue weighted by molar-refractivity contribution is 6.31. The molecular formula is C23H21ClN2O3. The van der Waals surface area contributed by atoms with Gasteiger partial charge in [-0.3, -0.25) is 9.59 Å². The number of amides is 2. The predicted molar refractivity (Wildman–Crippen MR) is 116 cm³/mol. The molecule has 0 bridgehead atoms. The third-order valence-electron chi connectivity index (χ3n) is 4.18. The van der Waals surface area contributed by atoms with Crippen LogP contribution in [0.2, 0.25) is 5.02 Å². The van der Waals surface area contributed by atoms with Crippen molar-refractivity contribution in [3.63, 3.8) is 0 Å². The van der Waals surface area contributed by atoms with Gasteiger partial charge in [0.25, 0.3) is 11.8 Å². The van der Waals surface area contributed by atoms with Crippen LogP contribution in [0.25, 0.3) is 0 Å². The number of nitrogens with one attached hydrogen (secondary N) is 2. The fourth-order valence-electron chi connectivity index (χ4n) is 2.81. The zero-order chi connectivity index (χ0) is 20.8. The molecule has 3 aromatic carbocycles. The third-order valence-corrected chi connectivity index (χ3v) is 4.42. The maximum absolute atomic E-state index is 12.4. The molecule has 2 N–H and O–H groups in total. The molecule has 6 heteroatoms. The van der Waals surface area contributed by atoms with Crippen molar-refractivity contribution in [2.45, 2.75) is 13.8 Å². The molecule has 0 aliphatic heterocycles. The molecule has 0 aliphatic carbocycles. The fraction of sp³-hybridized carbons (Fsp3) is 0.130. The summed E-state index contributed by atoms with van der Waals surface area (Å²) in [6, 6.07) is 19.4. The Balaban J connectivity index is 1.60. The zero-order valence-electron chi connectivity index (χ0n) is 16.2. The SMILES string of the molecule is Cc1ccc(OCC(=O)Nc2cccc(C(=O)Nc3cccc(Cl)c3)c2)c(C)c1. The van der Waals surface area contributed by atoms with E-state index >= 15 is 0 Å². The molecule has 0 aliphatic rings. The third kappa shape index (κ3) is 5.83. The Labute approximate surface area is 174 Å². The molecule has 0 atom stereocenters. The first-order chi connectivity index (χ1) is 13.9. The standard InChI is InChI=1S/C23H21ClN2O3/c1-15-9-10-21(16(2)11-15)29-14-22(27)25-19-7-3-5-17(12-19)23(28)26-20-8-4-6-18(24)13-20/h3-13H,14H2,1-2H3,(H,25,27)(H,26,28). The summed E-state index contributed by atoms with van der Waals surface area (Å²) in [5.41, 5.74) is 3.62. The van der Waals surface area contributed by atoms with Crippen LogP contribution in [0.15, 0.2) is 66.7 Å². The number of carbonyl (C=O) groups excluding carboxylic acids is 2. The fourth-order valence-corrected chi connectivity index (χ4v) is 3.00. The van der Waals surface area contributed by atoms with Gasteiger partial charge in [-0.1, -0.05) is 41.4 Å². The van der Waals surface area contributed by atoms with Crippen LogP contribution in [-0.4, -0.2) is 18.4 Å². The molecule has 148 valence electrons. The summed E-state index contributed by atoms with van der Waals surface area (Å²) in [5.74, 6) is 0.0627. The number of carbonyl (C=O) groups is 2. The van der Waals surface area contributed by atoms with Crippen LogP contribution in [0.3, 0.4) is 0 Å². The van der Waals surface area contributed by atoms with E-state index in [4.69, 9.17) is 16.3 Å². The van der Waals surface area contributed by atoms with Crippen LogP contribution in [-0.2, 0) is 4.79 Å². The molecule has 0 aromatic heterocycles. The van der Waals surface area contributed by atoms with Crippen molar-refractivity contribution in [3.8, 4) is 5.75 Å². The summed E-state index contributed by atoms with van der Waals surface area (Å²) in [6.07, 6.45) is 0. The van der Waals surface area contributed by atoms with E-state index in [-0.39, 0.29) is 18.4 Å². The second-order valence-corrected chi connectivity index (χ2v) is 7.09. The molecule has 0 saturated carbocycles. The molecule has 0 spiro atoms. The lowest BCUT2D eigenvalue weighted by Gasteiger charge is -2.11. The second-order valence-electron chi connectivity index (χ2n) is 6.65. The van der Waals surface area contributed by atoms with Crippen LogP contribution in [0, 0.1) is 13.8 Å². The second kappa shape index (κ2) is 9.26. The van der Waals surface area contributed by atoms with E-state index in [1.807, 2.05) is 32.0 Å². The molecule has 0 heterocycles. The average Bonchev–Trinajstić information content (AvgIpc) is 2.67. The van der Waals surface area contributed by atoms with Crippen molar-refractivity contribution in [2.75, 3.05) is 17.2 Å². The molecule has 3 rings (SSSR count). The topological polar surface area (TPSA) is 67.4 Å². The van der Waals surface area contributed by atoms with Crippen molar-refractivity contribution in [2.24, 2.45) is 0 Å². The van der Waals surface area contributed by atoms with Crippen molar-refractivity contribution in [1.82, 2.24) is 0 Å². The van der Waals surface area contributed by atoms with Crippen LogP contribution in [0.4, 0.5) is 11.4 Å². The van der Waals surface area contributed by atoms with E-state index in [1.54, 1.807) is 48.5 Å². The lowest BCUT2D eigenvalue weighted by molar-refractivity contribution is -0.118. The van der Waals surface area contributed by atoms with Crippen molar-refractivity contribution >= 4 is 34.8 Å². The van der Waals surface area contributed by atoms with E-state index in [0.29, 0.717) is 27.7 Å². The number of hydrogen-bond donors (Lipinski definition) is 2. The molecule has 0 radical (unpaired) electrons. The molecule has 0 saturated heterocycles. The monoisotopic (exact) mass is 408 g/mol. The summed E-state index contributed by atoms with van der Waals surface area (Å²) < 4.78 is 5.59. The molecule has 0 unspecified atom stereocenters. The maximum Gasteiger partial charge on any atom is 0.262 e. The van der Waals surface area contributed by atoms with Crippen LogP contribution < -0.4 is 15.4 Å². The lowest BCUT2D eigenvalue weighted by Crippen LogP contribution is -2.21. The van der Waals surface area contributed by atoms with E-state index in [2.05, 4.69) is 10.6 Å². The van der Waals surface area contributed by atoms with Crippen LogP contribution in [0.5, 0.6) is 5.75 Å². The van der Waals surface area contributed by atoms with Gasteiger partial charge in [0.15, 0.2) is 6.61 Å². The number of halogens is 1. The molecule has 5 nitrogen and oxygen atoms in total. The quantitative estimate of drug-likeness (QED) is 0.587. The van der Waals surface area contributed by atoms with Gasteiger partial charge in [-0.2, -0.15) is 0 Å². The highest BCUT2D eigenvalue weighted by atomic mass is 35.5. The Morgan fingerprint density at radius 2 is 1.62 bits per heavy atom. The summed E-state index contributed by atoms with van der Waals surface area (Å²) in [4.78, 5) is 24.7. The van der Waals surface area contributed by atoms with Crippen molar-refractivity contribution in [3.05, 3.63) is 88.4 Å². The number of rotatable bonds is 6. The summed E-state index contributed by atoms with van der Waals surface area (Å²) in [5, 5.41) is 6.06. The first-order valence-electron chi connectivity index (χ1n) is 9.07. The number of ether oxygens (including phenoxy) is 1. The Morgan fingerprint density at radius 3 is 2.34 bits per heavy atom. The van der Waals surface area contributed by atoms with Gasteiger partial charge in [0.2, 0.25) is 0 Å². The highest BCUT2D eigenvalue weighted by Gasteiger charge is 2.10. The maximum atomic E-state index is 12.4. The van der Waals surface area contributed by atoms with E-state index < -0.39 is 0 Å². The number of anilines is 2. The van der Waals surface area contributed by atoms with Crippen LogP contribution >= 0.6 is 11.6 Å². The minimum Gasteiger partial charge on any atom is -0.483 e. The number of hydrogen-bond acceptors (Lipinski definition) is 3. The van der Waals surface area contributed by atoms with Gasteiger partial charge in [-0.25, -0.2) is 0 Å². The van der Waals surface area contributed by atoms with Gasteiger partial charge in [0.1, 0.15) is 5.75 Å². The molecule has 2 amide bonds. The van der Waals surface area contributed by atoms with Gasteiger partial charge >= 0.3 is 0 Å². The van der Waals surface area contributed by atoms with Crippen molar-refractivity contribution < 1.29 is 14.3 Å². The number of aryl methyl sites for hydroxylation is 2. The predicted octanol–water partition coefficient (Wildman–Crippen LogP) is 5.23. The first kappa shape index (κ1) is 20.4. The highest BCUT2D eigenvalue weighted by Crippen LogP contribution is 2.19. The summed E-state index contributed by atoms with van der Waals surface area (Å²) in [6.45, 7) is 3.81. The smallest absolute Gasteiger partial charge is 0.262 e. The first-order valence-corrected chi connectivity index (χ1v) is 9.45. The summed E-state index contributed by atoms with van der Waals surface area (Å²) in [7, 11) is 0. The minimum atomic E-state index is -0.308. The van der Waals surface area contributed by atoms with Crippen molar-refractivity contribution in [1.29, 1.82) is 0 Å². The van der Waals surface area contributed by atoms with Gasteiger partial charge in [-0.15, -0.1) is 0 Å². The van der Waals surface area contributed by atoms with E-state index in [9.17, 15) is 9.59 Å². The van der Waals surface area contributed by atoms with Gasteiger partial charge in [-0.05, 0) is 61.9 Å². The van der Waals surface area contributed by atoms with Crippen LogP contribution in [0.1, 0.15) is 21.5 Å². The lowest BCUT2D eigenvalue weighted by atomic mass is 10.1. The molecular weight excluding hydrogens is 388 g/mol. The van der Waals surface area contributed by atoms with Gasteiger partial charge in [0, 0.05) is 22.0 Å². The Kier molecular flexibility index (Phi) is 6.52. The normalized spacial score (nSPS) is 10.3. The molecule has 3 aromatic rings. The van der Waals surface area contributed by atoms with E-state index in [0.717, 1.165) is 11.1 Å². The van der Waals surface area contributed by atoms with Gasteiger partial charge < -0.3 is 15.4 Å². The minimum absolute atomic E-state index is 0.122. The average molecular weight is 409 g/mol. The molecule has 29 heavy (non-hydrogen) atoms.